The number of hydrogen-bond acceptors (Lipinski definition) is 5. The highest BCUT2D eigenvalue weighted by molar-refractivity contribution is 6.08. The number of anilines is 2. The van der Waals surface area contributed by atoms with Crippen LogP contribution >= 0.6 is 0 Å². The van der Waals surface area contributed by atoms with Crippen molar-refractivity contribution < 1.29 is 32.2 Å². The van der Waals surface area contributed by atoms with Crippen LogP contribution in [0.4, 0.5) is 24.5 Å². The van der Waals surface area contributed by atoms with Crippen molar-refractivity contribution in [3.8, 4) is 11.5 Å². The molecule has 0 saturated heterocycles. The molecule has 1 aliphatic carbocycles. The lowest BCUT2D eigenvalue weighted by molar-refractivity contribution is -0.170. The first-order chi connectivity index (χ1) is 18.7. The molecule has 5 rings (SSSR count). The fourth-order valence-electron chi connectivity index (χ4n) is 5.35. The third-order valence-corrected chi connectivity index (χ3v) is 7.05. The third kappa shape index (κ3) is 4.96. The molecule has 1 amide bonds. The molecule has 6 nitrogen and oxygen atoms in total. The zero-order valence-electron chi connectivity index (χ0n) is 21.4. The average Bonchev–Trinajstić information content (AvgIpc) is 3.07. The van der Waals surface area contributed by atoms with E-state index in [1.807, 2.05) is 24.3 Å². The summed E-state index contributed by atoms with van der Waals surface area (Å²) in [7, 11) is 1.57. The molecular weight excluding hydrogens is 509 g/mol. The van der Waals surface area contributed by atoms with Gasteiger partial charge in [0.25, 0.3) is 0 Å². The number of nitrogens with one attached hydrogen (secondary N) is 1. The number of ether oxygens (including phenoxy) is 2. The number of rotatable bonds is 5. The summed E-state index contributed by atoms with van der Waals surface area (Å²) in [4.78, 5) is 27.7. The van der Waals surface area contributed by atoms with E-state index in [1.165, 1.54) is 6.07 Å². The van der Waals surface area contributed by atoms with Gasteiger partial charge in [0.15, 0.2) is 5.78 Å². The van der Waals surface area contributed by atoms with E-state index in [0.717, 1.165) is 5.56 Å². The van der Waals surface area contributed by atoms with Crippen LogP contribution in [0.3, 0.4) is 0 Å². The Labute approximate surface area is 224 Å². The number of alkyl halides is 3. The van der Waals surface area contributed by atoms with Crippen molar-refractivity contribution in [1.82, 2.24) is 0 Å². The zero-order chi connectivity index (χ0) is 27.7. The van der Waals surface area contributed by atoms with Crippen molar-refractivity contribution in [2.45, 2.75) is 37.9 Å². The molecule has 202 valence electrons. The summed E-state index contributed by atoms with van der Waals surface area (Å²) in [5.74, 6) is -1.63. The minimum atomic E-state index is -5.18. The number of ketones is 1. The lowest BCUT2D eigenvalue weighted by Gasteiger charge is -2.36. The van der Waals surface area contributed by atoms with Gasteiger partial charge in [-0.05, 0) is 55.2 Å². The molecule has 2 atom stereocenters. The molecule has 0 saturated carbocycles. The van der Waals surface area contributed by atoms with Gasteiger partial charge in [-0.15, -0.1) is 0 Å². The molecule has 0 radical (unpaired) electrons. The molecule has 1 N–H and O–H groups in total. The van der Waals surface area contributed by atoms with Gasteiger partial charge in [0.05, 0.1) is 31.1 Å². The summed E-state index contributed by atoms with van der Waals surface area (Å²) in [6, 6.07) is 18.9. The largest absolute Gasteiger partial charge is 0.497 e. The lowest BCUT2D eigenvalue weighted by Crippen LogP contribution is -2.45. The number of halogens is 3. The van der Waals surface area contributed by atoms with Gasteiger partial charge in [0.2, 0.25) is 0 Å². The summed E-state index contributed by atoms with van der Waals surface area (Å²) < 4.78 is 53.4. The number of methoxy groups -OCH3 is 1. The number of amides is 1. The number of carbonyl (C=O) groups excluding carboxylic acids is 2. The smallest absolute Gasteiger partial charge is 0.471 e. The normalized spacial score (nSPS) is 19.0. The molecule has 0 fully saturated rings. The fourth-order valence-corrected chi connectivity index (χ4v) is 5.35. The van der Waals surface area contributed by atoms with Gasteiger partial charge in [-0.3, -0.25) is 14.5 Å². The van der Waals surface area contributed by atoms with Crippen LogP contribution in [0.5, 0.6) is 11.5 Å². The highest BCUT2D eigenvalue weighted by Gasteiger charge is 2.50. The first-order valence-corrected chi connectivity index (χ1v) is 12.6. The number of para-hydroxylation sites is 3. The maximum absolute atomic E-state index is 14.1. The quantitative estimate of drug-likeness (QED) is 0.400. The van der Waals surface area contributed by atoms with Crippen LogP contribution in [0, 0.1) is 0 Å². The van der Waals surface area contributed by atoms with Crippen LogP contribution in [0.2, 0.25) is 0 Å². The highest BCUT2D eigenvalue weighted by Crippen LogP contribution is 2.50. The van der Waals surface area contributed by atoms with Crippen molar-refractivity contribution in [2.75, 3.05) is 23.9 Å². The summed E-state index contributed by atoms with van der Waals surface area (Å²) in [6.45, 7) is 2.01. The van der Waals surface area contributed by atoms with E-state index in [2.05, 4.69) is 5.32 Å². The molecule has 0 aromatic heterocycles. The number of fused-ring (bicyclic) bond motifs is 1. The van der Waals surface area contributed by atoms with Gasteiger partial charge < -0.3 is 14.8 Å². The third-order valence-electron chi connectivity index (χ3n) is 7.05. The van der Waals surface area contributed by atoms with Crippen molar-refractivity contribution >= 4 is 23.1 Å². The molecule has 9 heteroatoms. The standard InChI is InChI=1S/C30H27F3N2O4/c1-3-39-26-11-7-4-8-21(26)28-27-23(16-19(17-25(27)36)18-12-14-20(38-2)15-13-18)34-22-9-5-6-10-24(22)35(28)29(37)30(31,32)33/h4-15,19,28,34H,3,16-17H2,1-2H3/t19-,28-/m1/s1. The molecule has 3 aromatic rings. The van der Waals surface area contributed by atoms with Crippen LogP contribution < -0.4 is 19.7 Å². The number of carbonyl (C=O) groups is 2. The van der Waals surface area contributed by atoms with Gasteiger partial charge in [-0.2, -0.15) is 13.2 Å². The van der Waals surface area contributed by atoms with E-state index >= 15 is 0 Å². The number of Topliss-reactive ketones (excluding diaryl/α,β-unsaturated/α-hetero) is 1. The van der Waals surface area contributed by atoms with Crippen molar-refractivity contribution in [3.63, 3.8) is 0 Å². The van der Waals surface area contributed by atoms with E-state index < -0.39 is 18.1 Å². The number of allylic oxidation sites excluding steroid dienone is 1. The van der Waals surface area contributed by atoms with Gasteiger partial charge in [0.1, 0.15) is 11.5 Å². The van der Waals surface area contributed by atoms with E-state index in [9.17, 15) is 22.8 Å². The van der Waals surface area contributed by atoms with Crippen molar-refractivity contribution in [1.29, 1.82) is 0 Å². The van der Waals surface area contributed by atoms with Gasteiger partial charge in [0, 0.05) is 23.3 Å². The fraction of sp³-hybridized carbons (Fsp3) is 0.267. The lowest BCUT2D eigenvalue weighted by atomic mass is 9.78. The Bertz CT molecular complexity index is 1430. The maximum Gasteiger partial charge on any atom is 0.471 e. The molecule has 0 unspecified atom stereocenters. The molecule has 3 aromatic carbocycles. The Kier molecular flexibility index (Phi) is 7.08. The van der Waals surface area contributed by atoms with Crippen LogP contribution in [-0.2, 0) is 9.59 Å². The second-order valence-electron chi connectivity index (χ2n) is 9.38. The molecule has 1 heterocycles. The summed E-state index contributed by atoms with van der Waals surface area (Å²) in [6.07, 6.45) is -4.74. The maximum atomic E-state index is 14.1. The molecule has 39 heavy (non-hydrogen) atoms. The van der Waals surface area contributed by atoms with Crippen molar-refractivity contribution in [2.24, 2.45) is 0 Å². The van der Waals surface area contributed by atoms with Crippen LogP contribution in [0.1, 0.15) is 42.9 Å². The minimum Gasteiger partial charge on any atom is -0.497 e. The first kappa shape index (κ1) is 26.3. The Balaban J connectivity index is 1.73. The Morgan fingerprint density at radius 3 is 2.38 bits per heavy atom. The molecule has 2 aliphatic rings. The van der Waals surface area contributed by atoms with Crippen LogP contribution in [0.15, 0.2) is 84.1 Å². The van der Waals surface area contributed by atoms with Gasteiger partial charge >= 0.3 is 12.1 Å². The van der Waals surface area contributed by atoms with E-state index in [0.29, 0.717) is 39.8 Å². The Morgan fingerprint density at radius 1 is 1.00 bits per heavy atom. The summed E-state index contributed by atoms with van der Waals surface area (Å²) >= 11 is 0. The van der Waals surface area contributed by atoms with Gasteiger partial charge in [-0.25, -0.2) is 0 Å². The monoisotopic (exact) mass is 536 g/mol. The predicted octanol–water partition coefficient (Wildman–Crippen LogP) is 6.56. The van der Waals surface area contributed by atoms with E-state index in [4.69, 9.17) is 9.47 Å². The highest BCUT2D eigenvalue weighted by atomic mass is 19.4. The summed E-state index contributed by atoms with van der Waals surface area (Å²) in [5, 5.41) is 3.23. The van der Waals surface area contributed by atoms with E-state index in [-0.39, 0.29) is 36.0 Å². The Morgan fingerprint density at radius 2 is 1.69 bits per heavy atom. The number of benzene rings is 3. The Hall–Kier alpha value is -4.27. The second-order valence-corrected chi connectivity index (χ2v) is 9.38. The first-order valence-electron chi connectivity index (χ1n) is 12.6. The SMILES string of the molecule is CCOc1ccccc1[C@@H]1C2=C(C[C@@H](c3ccc(OC)cc3)CC2=O)Nc2ccccc2N1C(=O)C(F)(F)F. The second kappa shape index (κ2) is 10.5. The van der Waals surface area contributed by atoms with Crippen LogP contribution in [0.25, 0.3) is 0 Å². The van der Waals surface area contributed by atoms with Crippen LogP contribution in [-0.4, -0.2) is 31.6 Å². The number of nitrogens with zero attached hydrogens (tertiary/aromatic N) is 1. The molecule has 0 bridgehead atoms. The van der Waals surface area contributed by atoms with Crippen molar-refractivity contribution in [3.05, 3.63) is 95.2 Å². The van der Waals surface area contributed by atoms with E-state index in [1.54, 1.807) is 56.5 Å². The predicted molar refractivity (Wildman–Crippen MR) is 141 cm³/mol. The van der Waals surface area contributed by atoms with Gasteiger partial charge in [-0.1, -0.05) is 42.5 Å². The summed E-state index contributed by atoms with van der Waals surface area (Å²) in [5.41, 5.74) is 2.15. The molecule has 0 spiro atoms. The number of hydrogen-bond donors (Lipinski definition) is 1. The zero-order valence-corrected chi connectivity index (χ0v) is 21.4. The molecule has 1 aliphatic heterocycles. The molecular formula is C30H27F3N2O4. The minimum absolute atomic E-state index is 0.0272. The average molecular weight is 537 g/mol. The topological polar surface area (TPSA) is 67.9 Å².